The zero-order valence-electron chi connectivity index (χ0n) is 15.9. The largest absolute Gasteiger partial charge is 0.466 e. The van der Waals surface area contributed by atoms with Crippen LogP contribution in [0.25, 0.3) is 0 Å². The summed E-state index contributed by atoms with van der Waals surface area (Å²) >= 11 is 0. The van der Waals surface area contributed by atoms with Gasteiger partial charge in [-0.2, -0.15) is 4.31 Å². The SMILES string of the molecule is C#CCN(C(C(=C)C(=O)OC)c1ccccc1)S(=O)(=O)CC[Si](C)(C)C. The number of benzene rings is 1. The van der Waals surface area contributed by atoms with Gasteiger partial charge in [0.15, 0.2) is 0 Å². The van der Waals surface area contributed by atoms with Crippen molar-refractivity contribution >= 4 is 24.1 Å². The van der Waals surface area contributed by atoms with Crippen molar-refractivity contribution in [1.29, 1.82) is 0 Å². The lowest BCUT2D eigenvalue weighted by Crippen LogP contribution is -2.40. The summed E-state index contributed by atoms with van der Waals surface area (Å²) in [5.41, 5.74) is 0.653. The zero-order chi connectivity index (χ0) is 20.0. The molecular weight excluding hydrogens is 366 g/mol. The smallest absolute Gasteiger partial charge is 0.335 e. The third kappa shape index (κ3) is 6.13. The standard InChI is InChI=1S/C19H27NO4SSi/c1-7-13-20(25(22,23)14-15-26(4,5)6)18(16(2)19(21)24-3)17-11-9-8-10-12-17/h1,8-12,18H,2,13-15H2,3-6H3. The predicted molar refractivity (Wildman–Crippen MR) is 108 cm³/mol. The Labute approximate surface area is 158 Å². The van der Waals surface area contributed by atoms with Crippen molar-refractivity contribution in [3.05, 3.63) is 48.0 Å². The van der Waals surface area contributed by atoms with Crippen LogP contribution >= 0.6 is 0 Å². The van der Waals surface area contributed by atoms with Gasteiger partial charge in [-0.15, -0.1) is 6.42 Å². The molecule has 1 rings (SSSR count). The molecule has 26 heavy (non-hydrogen) atoms. The molecule has 0 bridgehead atoms. The van der Waals surface area contributed by atoms with E-state index in [0.29, 0.717) is 11.6 Å². The maximum atomic E-state index is 13.1. The summed E-state index contributed by atoms with van der Waals surface area (Å²) in [6.07, 6.45) is 5.44. The van der Waals surface area contributed by atoms with Gasteiger partial charge in [-0.3, -0.25) is 0 Å². The number of sulfonamides is 1. The monoisotopic (exact) mass is 393 g/mol. The van der Waals surface area contributed by atoms with Gasteiger partial charge in [0.05, 0.1) is 31.0 Å². The number of nitrogens with zero attached hydrogens (tertiary/aromatic N) is 1. The molecule has 0 aliphatic carbocycles. The van der Waals surface area contributed by atoms with Crippen LogP contribution in [0.5, 0.6) is 0 Å². The molecular formula is C19H27NO4SSi. The molecule has 0 aliphatic heterocycles. The molecule has 1 unspecified atom stereocenters. The van der Waals surface area contributed by atoms with Gasteiger partial charge in [-0.25, -0.2) is 13.2 Å². The molecule has 1 aromatic carbocycles. The summed E-state index contributed by atoms with van der Waals surface area (Å²) in [4.78, 5) is 12.1. The number of ether oxygens (including phenoxy) is 1. The molecule has 0 saturated carbocycles. The van der Waals surface area contributed by atoms with Crippen molar-refractivity contribution < 1.29 is 17.9 Å². The van der Waals surface area contributed by atoms with E-state index < -0.39 is 30.1 Å². The summed E-state index contributed by atoms with van der Waals surface area (Å²) in [6.45, 7) is 9.96. The van der Waals surface area contributed by atoms with Crippen LogP contribution in [0.2, 0.25) is 25.7 Å². The predicted octanol–water partition coefficient (Wildman–Crippen LogP) is 3.06. The Hall–Kier alpha value is -1.88. The van der Waals surface area contributed by atoms with E-state index >= 15 is 0 Å². The Kier molecular flexibility index (Phi) is 7.81. The minimum Gasteiger partial charge on any atom is -0.466 e. The summed E-state index contributed by atoms with van der Waals surface area (Å²) < 4.78 is 32.1. The van der Waals surface area contributed by atoms with E-state index in [-0.39, 0.29) is 17.9 Å². The van der Waals surface area contributed by atoms with E-state index in [2.05, 4.69) is 32.1 Å². The molecule has 1 atom stereocenters. The van der Waals surface area contributed by atoms with Crippen LogP contribution in [0.15, 0.2) is 42.5 Å². The highest BCUT2D eigenvalue weighted by atomic mass is 32.2. The molecule has 7 heteroatoms. The van der Waals surface area contributed by atoms with Gasteiger partial charge < -0.3 is 4.74 Å². The van der Waals surface area contributed by atoms with Crippen molar-refractivity contribution in [3.63, 3.8) is 0 Å². The van der Waals surface area contributed by atoms with Crippen LogP contribution in [-0.2, 0) is 19.6 Å². The van der Waals surface area contributed by atoms with Crippen LogP contribution in [0.1, 0.15) is 11.6 Å². The van der Waals surface area contributed by atoms with Gasteiger partial charge in [0.1, 0.15) is 0 Å². The van der Waals surface area contributed by atoms with Crippen molar-refractivity contribution in [1.82, 2.24) is 4.31 Å². The summed E-state index contributed by atoms with van der Waals surface area (Å²) in [7, 11) is -4.04. The normalized spacial score (nSPS) is 13.1. The van der Waals surface area contributed by atoms with E-state index in [9.17, 15) is 13.2 Å². The molecule has 0 aromatic heterocycles. The maximum absolute atomic E-state index is 13.1. The number of hydrogen-bond donors (Lipinski definition) is 0. The highest BCUT2D eigenvalue weighted by Crippen LogP contribution is 2.31. The first-order chi connectivity index (χ1) is 12.0. The lowest BCUT2D eigenvalue weighted by atomic mass is 10.00. The minimum atomic E-state index is -3.69. The molecule has 0 saturated heterocycles. The third-order valence-electron chi connectivity index (χ3n) is 3.90. The first-order valence-electron chi connectivity index (χ1n) is 8.28. The third-order valence-corrected chi connectivity index (χ3v) is 7.78. The van der Waals surface area contributed by atoms with E-state index in [1.165, 1.54) is 11.4 Å². The van der Waals surface area contributed by atoms with E-state index in [1.807, 2.05) is 6.07 Å². The van der Waals surface area contributed by atoms with Gasteiger partial charge in [-0.1, -0.05) is 62.5 Å². The number of carbonyl (C=O) groups excluding carboxylic acids is 1. The van der Waals surface area contributed by atoms with Gasteiger partial charge in [-0.05, 0) is 11.6 Å². The summed E-state index contributed by atoms with van der Waals surface area (Å²) in [5, 5.41) is 0. The second-order valence-corrected chi connectivity index (χ2v) is 14.9. The Morgan fingerprint density at radius 2 is 1.88 bits per heavy atom. The van der Waals surface area contributed by atoms with Gasteiger partial charge in [0, 0.05) is 8.07 Å². The number of hydrogen-bond acceptors (Lipinski definition) is 4. The fraction of sp³-hybridized carbons (Fsp3) is 0.421. The minimum absolute atomic E-state index is 0.0117. The Morgan fingerprint density at radius 1 is 1.31 bits per heavy atom. The van der Waals surface area contributed by atoms with E-state index in [0.717, 1.165) is 0 Å². The van der Waals surface area contributed by atoms with Crippen molar-refractivity contribution in [2.24, 2.45) is 0 Å². The topological polar surface area (TPSA) is 63.7 Å². The summed E-state index contributed by atoms with van der Waals surface area (Å²) in [6, 6.07) is 8.55. The first kappa shape index (κ1) is 22.2. The van der Waals surface area contributed by atoms with Crippen LogP contribution in [0, 0.1) is 12.3 Å². The fourth-order valence-corrected chi connectivity index (χ4v) is 6.97. The van der Waals surface area contributed by atoms with Gasteiger partial charge in [0.2, 0.25) is 10.0 Å². The van der Waals surface area contributed by atoms with Crippen molar-refractivity contribution in [2.75, 3.05) is 19.4 Å². The van der Waals surface area contributed by atoms with E-state index in [4.69, 9.17) is 11.2 Å². The van der Waals surface area contributed by atoms with Crippen molar-refractivity contribution in [3.8, 4) is 12.3 Å². The molecule has 0 fully saturated rings. The summed E-state index contributed by atoms with van der Waals surface area (Å²) in [5.74, 6) is 1.72. The number of esters is 1. The van der Waals surface area contributed by atoms with Crippen molar-refractivity contribution in [2.45, 2.75) is 31.7 Å². The molecule has 0 heterocycles. The second-order valence-electron chi connectivity index (χ2n) is 7.21. The highest BCUT2D eigenvalue weighted by Gasteiger charge is 2.35. The Bertz CT molecular complexity index is 776. The quantitative estimate of drug-likeness (QED) is 0.280. The number of terminal acetylenes is 1. The second kappa shape index (κ2) is 9.17. The zero-order valence-corrected chi connectivity index (χ0v) is 17.7. The van der Waals surface area contributed by atoms with Crippen LogP contribution in [0.3, 0.4) is 0 Å². The lowest BCUT2D eigenvalue weighted by Gasteiger charge is -2.31. The Balaban J connectivity index is 3.39. The molecule has 5 nitrogen and oxygen atoms in total. The van der Waals surface area contributed by atoms with Gasteiger partial charge >= 0.3 is 5.97 Å². The molecule has 0 N–H and O–H groups in total. The molecule has 0 spiro atoms. The fourth-order valence-electron chi connectivity index (χ4n) is 2.41. The number of methoxy groups -OCH3 is 1. The average molecular weight is 394 g/mol. The van der Waals surface area contributed by atoms with Crippen LogP contribution in [-0.4, -0.2) is 46.2 Å². The first-order valence-corrected chi connectivity index (χ1v) is 13.6. The van der Waals surface area contributed by atoms with Crippen LogP contribution < -0.4 is 0 Å². The molecule has 142 valence electrons. The molecule has 1 aromatic rings. The highest BCUT2D eigenvalue weighted by molar-refractivity contribution is 7.89. The Morgan fingerprint density at radius 3 is 2.35 bits per heavy atom. The van der Waals surface area contributed by atoms with E-state index in [1.54, 1.807) is 24.3 Å². The lowest BCUT2D eigenvalue weighted by molar-refractivity contribution is -0.136. The average Bonchev–Trinajstić information content (AvgIpc) is 2.59. The van der Waals surface area contributed by atoms with Crippen LogP contribution in [0.4, 0.5) is 0 Å². The van der Waals surface area contributed by atoms with Gasteiger partial charge in [0.25, 0.3) is 0 Å². The molecule has 0 radical (unpaired) electrons. The number of carbonyl (C=O) groups is 1. The molecule has 0 aliphatic rings. The number of rotatable bonds is 9. The molecule has 0 amide bonds. The maximum Gasteiger partial charge on any atom is 0.335 e.